The highest BCUT2D eigenvalue weighted by molar-refractivity contribution is 5.57. The van der Waals surface area contributed by atoms with Crippen LogP contribution < -0.4 is 0 Å². The lowest BCUT2D eigenvalue weighted by molar-refractivity contribution is -0.766. The molecule has 3 N–H and O–H groups in total. The number of hydrogen-bond donors (Lipinski definition) is 3. The van der Waals surface area contributed by atoms with E-state index in [-0.39, 0.29) is 6.29 Å². The van der Waals surface area contributed by atoms with E-state index in [9.17, 15) is 14.9 Å². The molecule has 8 heteroatoms. The van der Waals surface area contributed by atoms with E-state index in [2.05, 4.69) is 4.84 Å². The van der Waals surface area contributed by atoms with Gasteiger partial charge in [0.1, 0.15) is 12.2 Å². The number of carbonyl (C=O) groups is 1. The molecule has 0 rings (SSSR count). The van der Waals surface area contributed by atoms with E-state index in [1.165, 1.54) is 0 Å². The van der Waals surface area contributed by atoms with Crippen LogP contribution in [0.3, 0.4) is 0 Å². The average Bonchev–Trinajstić information content (AvgIpc) is 2.11. The lowest BCUT2D eigenvalue weighted by atomic mass is 10.1. The summed E-state index contributed by atoms with van der Waals surface area (Å²) >= 11 is 0. The van der Waals surface area contributed by atoms with Crippen molar-refractivity contribution in [2.45, 2.75) is 18.3 Å². The largest absolute Gasteiger partial charge is 0.394 e. The lowest BCUT2D eigenvalue weighted by Gasteiger charge is -2.19. The van der Waals surface area contributed by atoms with Crippen molar-refractivity contribution in [3.05, 3.63) is 10.1 Å². The fraction of sp³-hybridized carbons (Fsp3) is 0.800. The van der Waals surface area contributed by atoms with Gasteiger partial charge < -0.3 is 25.0 Å². The van der Waals surface area contributed by atoms with Crippen molar-refractivity contribution in [2.24, 2.45) is 0 Å². The summed E-state index contributed by atoms with van der Waals surface area (Å²) in [6.07, 6.45) is -5.31. The molecule has 13 heavy (non-hydrogen) atoms. The van der Waals surface area contributed by atoms with Crippen LogP contribution in [-0.4, -0.2) is 51.6 Å². The second-order valence-electron chi connectivity index (χ2n) is 2.17. The van der Waals surface area contributed by atoms with Gasteiger partial charge >= 0.3 is 0 Å². The SMILES string of the molecule is O=C[C@H](O[N+](=O)[O-])[C@@H](O)[C@@H](O)CO. The van der Waals surface area contributed by atoms with Gasteiger partial charge in [0, 0.05) is 0 Å². The van der Waals surface area contributed by atoms with Gasteiger partial charge in [-0.05, 0) is 0 Å². The van der Waals surface area contributed by atoms with Crippen molar-refractivity contribution in [3.63, 3.8) is 0 Å². The van der Waals surface area contributed by atoms with Crippen molar-refractivity contribution in [1.29, 1.82) is 0 Å². The summed E-state index contributed by atoms with van der Waals surface area (Å²) in [5.74, 6) is 0. The minimum Gasteiger partial charge on any atom is -0.394 e. The van der Waals surface area contributed by atoms with E-state index in [1.54, 1.807) is 0 Å². The van der Waals surface area contributed by atoms with Gasteiger partial charge in [-0.2, -0.15) is 0 Å². The van der Waals surface area contributed by atoms with E-state index in [0.717, 1.165) is 0 Å². The van der Waals surface area contributed by atoms with Crippen LogP contribution in [0, 0.1) is 10.1 Å². The first kappa shape index (κ1) is 11.8. The monoisotopic (exact) mass is 195 g/mol. The summed E-state index contributed by atoms with van der Waals surface area (Å²) in [7, 11) is 0. The molecule has 0 spiro atoms. The Morgan fingerprint density at radius 1 is 1.54 bits per heavy atom. The molecule has 0 aromatic heterocycles. The van der Waals surface area contributed by atoms with E-state index >= 15 is 0 Å². The Hall–Kier alpha value is -1.25. The maximum absolute atomic E-state index is 10.1. The Morgan fingerprint density at radius 2 is 2.08 bits per heavy atom. The number of nitrogens with zero attached hydrogens (tertiary/aromatic N) is 1. The highest BCUT2D eigenvalue weighted by Crippen LogP contribution is 2.02. The molecular formula is C5H9NO7. The Balaban J connectivity index is 4.21. The number of rotatable bonds is 6. The van der Waals surface area contributed by atoms with Crippen LogP contribution in [0.5, 0.6) is 0 Å². The number of aldehydes is 1. The topological polar surface area (TPSA) is 130 Å². The zero-order chi connectivity index (χ0) is 10.4. The minimum atomic E-state index is -1.83. The molecule has 76 valence electrons. The zero-order valence-electron chi connectivity index (χ0n) is 6.44. The highest BCUT2D eigenvalue weighted by Gasteiger charge is 2.28. The molecular weight excluding hydrogens is 186 g/mol. The average molecular weight is 195 g/mol. The molecule has 0 aromatic rings. The van der Waals surface area contributed by atoms with Gasteiger partial charge in [-0.25, -0.2) is 0 Å². The Labute approximate surface area is 72.5 Å². The third-order valence-electron chi connectivity index (χ3n) is 1.26. The highest BCUT2D eigenvalue weighted by atomic mass is 17.0. The van der Waals surface area contributed by atoms with Crippen molar-refractivity contribution in [3.8, 4) is 0 Å². The van der Waals surface area contributed by atoms with Gasteiger partial charge in [-0.3, -0.25) is 0 Å². The molecule has 0 bridgehead atoms. The summed E-state index contributed by atoms with van der Waals surface area (Å²) < 4.78 is 0. The van der Waals surface area contributed by atoms with Gasteiger partial charge in [0.15, 0.2) is 12.4 Å². The number of hydrogen-bond acceptors (Lipinski definition) is 7. The molecule has 0 heterocycles. The van der Waals surface area contributed by atoms with E-state index in [0.29, 0.717) is 0 Å². The maximum atomic E-state index is 10.1. The standard InChI is InChI=1S/C5H9NO7/c7-1-3(9)5(10)4(2-8)13-6(11)12/h2-5,7,9-10H,1H2/t3-,4-,5-/m0/s1. The molecule has 0 radical (unpaired) electrons. The van der Waals surface area contributed by atoms with Crippen LogP contribution >= 0.6 is 0 Å². The predicted octanol–water partition coefficient (Wildman–Crippen LogP) is -2.52. The Morgan fingerprint density at radius 3 is 2.38 bits per heavy atom. The van der Waals surface area contributed by atoms with Crippen LogP contribution in [0.1, 0.15) is 0 Å². The van der Waals surface area contributed by atoms with Gasteiger partial charge in [-0.1, -0.05) is 0 Å². The molecule has 0 saturated heterocycles. The molecule has 0 aliphatic carbocycles. The fourth-order valence-electron chi connectivity index (χ4n) is 0.594. The van der Waals surface area contributed by atoms with Crippen LogP contribution in [0.4, 0.5) is 0 Å². The molecule has 0 aliphatic heterocycles. The quantitative estimate of drug-likeness (QED) is 0.242. The van der Waals surface area contributed by atoms with Gasteiger partial charge in [0.05, 0.1) is 6.61 Å². The first-order chi connectivity index (χ1) is 6.02. The van der Waals surface area contributed by atoms with Gasteiger partial charge in [0.2, 0.25) is 0 Å². The van der Waals surface area contributed by atoms with Crippen molar-refractivity contribution in [2.75, 3.05) is 6.61 Å². The molecule has 0 aromatic carbocycles. The van der Waals surface area contributed by atoms with E-state index in [1.807, 2.05) is 0 Å². The summed E-state index contributed by atoms with van der Waals surface area (Å²) in [4.78, 5) is 23.6. The zero-order valence-corrected chi connectivity index (χ0v) is 6.44. The summed E-state index contributed by atoms with van der Waals surface area (Å²) in [5.41, 5.74) is 0. The van der Waals surface area contributed by atoms with Crippen LogP contribution in [0.2, 0.25) is 0 Å². The first-order valence-corrected chi connectivity index (χ1v) is 3.26. The number of aliphatic hydroxyl groups excluding tert-OH is 3. The summed E-state index contributed by atoms with van der Waals surface area (Å²) in [6, 6.07) is 0. The molecule has 0 unspecified atom stereocenters. The molecule has 0 fully saturated rings. The van der Waals surface area contributed by atoms with Gasteiger partial charge in [0.25, 0.3) is 5.09 Å². The van der Waals surface area contributed by atoms with E-state index < -0.39 is 30.0 Å². The normalized spacial score (nSPS) is 17.2. The fourth-order valence-corrected chi connectivity index (χ4v) is 0.594. The van der Waals surface area contributed by atoms with Crippen molar-refractivity contribution >= 4 is 6.29 Å². The lowest BCUT2D eigenvalue weighted by Crippen LogP contribution is -2.42. The second-order valence-corrected chi connectivity index (χ2v) is 2.17. The smallest absolute Gasteiger partial charge is 0.295 e. The van der Waals surface area contributed by atoms with Crippen molar-refractivity contribution < 1.29 is 30.0 Å². The Kier molecular flexibility index (Phi) is 4.89. The summed E-state index contributed by atoms with van der Waals surface area (Å²) in [5, 5.41) is 34.5. The van der Waals surface area contributed by atoms with Crippen LogP contribution in [0.15, 0.2) is 0 Å². The second kappa shape index (κ2) is 5.41. The maximum Gasteiger partial charge on any atom is 0.295 e. The molecule has 3 atom stereocenters. The third-order valence-corrected chi connectivity index (χ3v) is 1.26. The van der Waals surface area contributed by atoms with Crippen molar-refractivity contribution in [1.82, 2.24) is 0 Å². The number of aliphatic hydroxyl groups is 3. The number of carbonyl (C=O) groups excluding carboxylic acids is 1. The van der Waals surface area contributed by atoms with E-state index in [4.69, 9.17) is 15.3 Å². The third kappa shape index (κ3) is 3.78. The van der Waals surface area contributed by atoms with Gasteiger partial charge in [-0.15, -0.1) is 10.1 Å². The first-order valence-electron chi connectivity index (χ1n) is 3.26. The van der Waals surface area contributed by atoms with Crippen LogP contribution in [0.25, 0.3) is 0 Å². The molecule has 8 nitrogen and oxygen atoms in total. The molecule has 0 amide bonds. The van der Waals surface area contributed by atoms with Crippen LogP contribution in [-0.2, 0) is 9.63 Å². The molecule has 0 aliphatic rings. The summed E-state index contributed by atoms with van der Waals surface area (Å²) in [6.45, 7) is -0.827. The predicted molar refractivity (Wildman–Crippen MR) is 37.0 cm³/mol. The minimum absolute atomic E-state index is 0.0354. The Bertz CT molecular complexity index is 184. The molecule has 0 saturated carbocycles.